The number of nitrogens with zero attached hydrogens (tertiary/aromatic N) is 2. The van der Waals surface area contributed by atoms with Gasteiger partial charge < -0.3 is 33.5 Å². The molecule has 3 heterocycles. The van der Waals surface area contributed by atoms with Crippen molar-refractivity contribution in [2.24, 2.45) is 0 Å². The second kappa shape index (κ2) is 33.9. The molecular weight excluding hydrogens is 1180 g/mol. The Bertz CT molecular complexity index is 3160. The molecule has 0 saturated carbocycles. The lowest BCUT2D eigenvalue weighted by molar-refractivity contribution is 0.198. The summed E-state index contributed by atoms with van der Waals surface area (Å²) in [5, 5.41) is 20.0. The summed E-state index contributed by atoms with van der Waals surface area (Å²) in [6, 6.07) is 38.4. The molecule has 4 N–H and O–H groups in total. The molecule has 77 heavy (non-hydrogen) atoms. The number of ether oxygens (including phenoxy) is 3. The average molecular weight is 1250 g/mol. The Morgan fingerprint density at radius 1 is 0.610 bits per heavy atom. The second-order valence-electron chi connectivity index (χ2n) is 16.0. The maximum atomic E-state index is 13.8. The van der Waals surface area contributed by atoms with Gasteiger partial charge >= 0.3 is 0 Å². The number of aliphatic hydroxyl groups excluding tert-OH is 2. The maximum absolute atomic E-state index is 13.8. The number of aromatic nitrogens is 2. The average Bonchev–Trinajstić information content (AvgIpc) is 4.03. The summed E-state index contributed by atoms with van der Waals surface area (Å²) >= 11 is 2.18. The van der Waals surface area contributed by atoms with E-state index in [4.69, 9.17) is 38.8 Å². The summed E-state index contributed by atoms with van der Waals surface area (Å²) in [5.41, 5.74) is 2.91. The van der Waals surface area contributed by atoms with E-state index in [1.54, 1.807) is 111 Å². The van der Waals surface area contributed by atoms with Crippen molar-refractivity contribution < 1.29 is 68.5 Å². The molecule has 4 aromatic carbocycles. The summed E-state index contributed by atoms with van der Waals surface area (Å²) in [4.78, 5) is 8.59. The van der Waals surface area contributed by atoms with E-state index in [0.717, 1.165) is 16.8 Å². The standard InChI is InChI=1S/C25H26NO7PS.C16H16NO3P.C9H11IO4S.C4H8O.CH4/c1-2-33-34(28,24-7-4-3-5-8-24)25-18-21(17-22(19-27)26-25)10-9-20-11-13-23(14-12-20)32-15-6-16-35(29,30)31;1-3-13-10-14(12-18)17-16(11-13)21(19,20-4-2)15-8-6-5-7-9-15;10-8-2-4-9(5-3-8)14-6-1-7-15(11,12)13;1-2-4-5-3-1;/h3-5,7-8,11-14,17-18,27H,2,6,15-16,19H2,1H3,(H,29,30,31);1,5-11,18H,4,12H2,2H3;2-5H,1,6-7H2,(H,11,12,13);1-4H2;1H4. The normalized spacial score (nSPS) is 13.3. The van der Waals surface area contributed by atoms with E-state index in [9.17, 15) is 36.2 Å². The zero-order chi connectivity index (χ0) is 55.5. The summed E-state index contributed by atoms with van der Waals surface area (Å²) in [6.45, 7) is 5.85. The maximum Gasteiger partial charge on any atom is 0.279 e. The van der Waals surface area contributed by atoms with Crippen molar-refractivity contribution in [3.05, 3.63) is 165 Å². The van der Waals surface area contributed by atoms with Crippen molar-refractivity contribution in [2.45, 2.75) is 60.2 Å². The topological polar surface area (TPSA) is 255 Å². The lowest BCUT2D eigenvalue weighted by atomic mass is 10.2. The number of terminal acetylenes is 1. The van der Waals surface area contributed by atoms with Crippen LogP contribution in [0.5, 0.6) is 11.5 Å². The Balaban J connectivity index is 0.000000313. The lowest BCUT2D eigenvalue weighted by Crippen LogP contribution is -2.22. The quantitative estimate of drug-likeness (QED) is 0.0185. The number of halogens is 1. The van der Waals surface area contributed by atoms with Crippen LogP contribution in [0.1, 0.15) is 75.0 Å². The zero-order valence-electron chi connectivity index (χ0n) is 41.9. The highest BCUT2D eigenvalue weighted by atomic mass is 127. The highest BCUT2D eigenvalue weighted by Crippen LogP contribution is 2.45. The fourth-order valence-electron chi connectivity index (χ4n) is 6.60. The molecule has 17 nitrogen and oxygen atoms in total. The largest absolute Gasteiger partial charge is 0.494 e. The molecule has 0 bridgehead atoms. The number of benzene rings is 4. The van der Waals surface area contributed by atoms with Crippen LogP contribution in [0.25, 0.3) is 0 Å². The molecule has 0 amide bonds. The third-order valence-corrected chi connectivity index (χ3v) is 17.3. The van der Waals surface area contributed by atoms with Gasteiger partial charge in [-0.05, 0) is 159 Å². The fraction of sp³-hybridized carbons (Fsp3) is 0.309. The van der Waals surface area contributed by atoms with Crippen molar-refractivity contribution in [3.8, 4) is 35.7 Å². The van der Waals surface area contributed by atoms with Crippen molar-refractivity contribution in [1.29, 1.82) is 0 Å². The van der Waals surface area contributed by atoms with Gasteiger partial charge in [-0.25, -0.2) is 9.97 Å². The molecule has 6 aromatic rings. The zero-order valence-corrected chi connectivity index (χ0v) is 47.5. The Morgan fingerprint density at radius 2 is 1.01 bits per heavy atom. The number of rotatable bonds is 20. The first-order chi connectivity index (χ1) is 36.3. The first-order valence-corrected chi connectivity index (χ1v) is 31.3. The Hall–Kier alpha value is -5.29. The van der Waals surface area contributed by atoms with Gasteiger partial charge in [-0.2, -0.15) is 16.8 Å². The highest BCUT2D eigenvalue weighted by Gasteiger charge is 2.32. The molecule has 0 spiro atoms. The molecule has 2 unspecified atom stereocenters. The molecule has 2 aromatic heterocycles. The van der Waals surface area contributed by atoms with Gasteiger partial charge in [0.05, 0.1) is 62.5 Å². The Kier molecular flexibility index (Phi) is 29.0. The smallest absolute Gasteiger partial charge is 0.279 e. The van der Waals surface area contributed by atoms with Crippen LogP contribution in [0.3, 0.4) is 0 Å². The Labute approximate surface area is 466 Å². The number of aliphatic hydroxyl groups is 2. The van der Waals surface area contributed by atoms with Crippen LogP contribution in [0.15, 0.2) is 133 Å². The molecule has 414 valence electrons. The fourth-order valence-corrected chi connectivity index (χ4v) is 12.0. The molecule has 22 heteroatoms. The lowest BCUT2D eigenvalue weighted by Gasteiger charge is -2.18. The molecule has 2 atom stereocenters. The van der Waals surface area contributed by atoms with Gasteiger partial charge in [0.25, 0.3) is 35.0 Å². The van der Waals surface area contributed by atoms with Crippen LogP contribution >= 0.6 is 37.3 Å². The van der Waals surface area contributed by atoms with Gasteiger partial charge in [-0.15, -0.1) is 6.42 Å². The van der Waals surface area contributed by atoms with Gasteiger partial charge in [0, 0.05) is 44.1 Å². The predicted molar refractivity (Wildman–Crippen MR) is 310 cm³/mol. The third kappa shape index (κ3) is 23.7. The molecule has 1 aliphatic heterocycles. The highest BCUT2D eigenvalue weighted by molar-refractivity contribution is 14.1. The molecule has 0 aliphatic carbocycles. The van der Waals surface area contributed by atoms with Crippen molar-refractivity contribution >= 4 is 79.0 Å². The van der Waals surface area contributed by atoms with Crippen LogP contribution in [0.4, 0.5) is 0 Å². The molecule has 1 saturated heterocycles. The summed E-state index contributed by atoms with van der Waals surface area (Å²) in [5.74, 6) is 9.13. The van der Waals surface area contributed by atoms with Gasteiger partial charge in [-0.3, -0.25) is 18.2 Å². The SMILES string of the molecule is C.C#Cc1cc(CO)nc(P(=O)(OCC)c2ccccc2)c1.C1CCOC1.CCOP(=O)(c1ccccc1)c1cc(C#Cc2ccc(OCCCS(=O)(=O)O)cc2)cc(CO)n1.O=S(=O)(O)CCCOc1ccc(I)cc1. The van der Waals surface area contributed by atoms with Gasteiger partial charge in [-0.1, -0.05) is 61.6 Å². The first-order valence-electron chi connectivity index (χ1n) is 23.8. The Morgan fingerprint density at radius 3 is 1.39 bits per heavy atom. The number of pyridine rings is 2. The second-order valence-corrected chi connectivity index (χ2v) is 25.1. The van der Waals surface area contributed by atoms with Crippen LogP contribution in [-0.4, -0.2) is 97.3 Å². The van der Waals surface area contributed by atoms with Crippen molar-refractivity contribution in [2.75, 3.05) is 51.1 Å². The van der Waals surface area contributed by atoms with E-state index >= 15 is 0 Å². The number of hydrogen-bond acceptors (Lipinski definition) is 15. The van der Waals surface area contributed by atoms with Crippen molar-refractivity contribution in [1.82, 2.24) is 9.97 Å². The van der Waals surface area contributed by atoms with Gasteiger partial charge in [0.15, 0.2) is 0 Å². The first kappa shape index (κ1) is 66.0. The molecular formula is C55H65IN2O15P2S2. The van der Waals surface area contributed by atoms with Crippen LogP contribution in [0, 0.1) is 27.8 Å². The van der Waals surface area contributed by atoms with E-state index in [1.807, 2.05) is 36.4 Å². The van der Waals surface area contributed by atoms with Crippen molar-refractivity contribution in [3.63, 3.8) is 0 Å². The molecule has 1 aliphatic rings. The minimum Gasteiger partial charge on any atom is -0.494 e. The minimum absolute atomic E-state index is 0. The van der Waals surface area contributed by atoms with E-state index in [1.165, 1.54) is 12.8 Å². The van der Waals surface area contributed by atoms with E-state index in [2.05, 4.69) is 50.3 Å². The van der Waals surface area contributed by atoms with Crippen LogP contribution in [-0.2, 0) is 56.4 Å². The molecule has 0 radical (unpaired) electrons. The van der Waals surface area contributed by atoms with E-state index < -0.39 is 35.0 Å². The minimum atomic E-state index is -4.00. The van der Waals surface area contributed by atoms with Gasteiger partial charge in [0.1, 0.15) is 22.4 Å². The monoisotopic (exact) mass is 1250 g/mol. The van der Waals surface area contributed by atoms with Gasteiger partial charge in [0.2, 0.25) is 0 Å². The third-order valence-electron chi connectivity index (χ3n) is 10.1. The summed E-state index contributed by atoms with van der Waals surface area (Å²) < 4.78 is 115. The molecule has 7 rings (SSSR count). The summed E-state index contributed by atoms with van der Waals surface area (Å²) in [6.07, 6.45) is 8.42. The molecule has 1 fully saturated rings. The van der Waals surface area contributed by atoms with Crippen LogP contribution < -0.4 is 31.0 Å². The van der Waals surface area contributed by atoms with E-state index in [-0.39, 0.29) is 82.3 Å². The summed E-state index contributed by atoms with van der Waals surface area (Å²) in [7, 11) is -14.7. The predicted octanol–water partition coefficient (Wildman–Crippen LogP) is 8.10. The number of hydrogen-bond donors (Lipinski definition) is 4. The van der Waals surface area contributed by atoms with Crippen LogP contribution in [0.2, 0.25) is 0 Å². The van der Waals surface area contributed by atoms with E-state index in [0.29, 0.717) is 50.2 Å².